The summed E-state index contributed by atoms with van der Waals surface area (Å²) in [6.07, 6.45) is -5.62. The molecule has 7 heteroatoms. The summed E-state index contributed by atoms with van der Waals surface area (Å²) in [7, 11) is 0. The Morgan fingerprint density at radius 1 is 1.44 bits per heavy atom. The lowest BCUT2D eigenvalue weighted by atomic mass is 10.3. The molecule has 0 aliphatic heterocycles. The quantitative estimate of drug-likeness (QED) is 0.848. The number of hydrogen-bond donors (Lipinski definition) is 1. The number of rotatable bonds is 4. The van der Waals surface area contributed by atoms with E-state index in [9.17, 15) is 22.4 Å². The number of nitrogens with one attached hydrogen (secondary N) is 1. The van der Waals surface area contributed by atoms with Gasteiger partial charge in [-0.25, -0.2) is 4.39 Å². The molecule has 1 N–H and O–H groups in total. The van der Waals surface area contributed by atoms with Gasteiger partial charge >= 0.3 is 6.18 Å². The van der Waals surface area contributed by atoms with Gasteiger partial charge in [0.1, 0.15) is 18.1 Å². The van der Waals surface area contributed by atoms with Crippen LogP contribution in [-0.4, -0.2) is 24.7 Å². The Balaban J connectivity index is 2.50. The first-order valence-corrected chi connectivity index (χ1v) is 5.04. The van der Waals surface area contributed by atoms with E-state index in [-0.39, 0.29) is 5.75 Å². The number of amides is 1. The van der Waals surface area contributed by atoms with E-state index < -0.39 is 30.5 Å². The normalized spacial score (nSPS) is 12.9. The number of halogens is 4. The Bertz CT molecular complexity index is 420. The predicted octanol–water partition coefficient (Wildman–Crippen LogP) is 2.27. The molecule has 0 bridgehead atoms. The van der Waals surface area contributed by atoms with E-state index in [1.54, 1.807) is 5.32 Å². The SMILES string of the molecule is C[C@@H](Oc1cccc(F)c1)C(=O)NCC(F)(F)F. The maximum Gasteiger partial charge on any atom is 0.405 e. The maximum atomic E-state index is 12.8. The van der Waals surface area contributed by atoms with Gasteiger partial charge in [-0.2, -0.15) is 13.2 Å². The number of carbonyl (C=O) groups excluding carboxylic acids is 1. The molecular weight excluding hydrogens is 254 g/mol. The molecule has 0 aromatic heterocycles. The van der Waals surface area contributed by atoms with Gasteiger partial charge in [-0.15, -0.1) is 0 Å². The first-order valence-electron chi connectivity index (χ1n) is 5.04. The molecule has 100 valence electrons. The standard InChI is InChI=1S/C11H11F4NO2/c1-7(10(17)16-6-11(13,14)15)18-9-4-2-3-8(12)5-9/h2-5,7H,6H2,1H3,(H,16,17)/t7-/m1/s1. The highest BCUT2D eigenvalue weighted by molar-refractivity contribution is 5.80. The molecule has 18 heavy (non-hydrogen) atoms. The van der Waals surface area contributed by atoms with Crippen molar-refractivity contribution in [2.24, 2.45) is 0 Å². The molecule has 0 fully saturated rings. The molecular formula is C11H11F4NO2. The zero-order chi connectivity index (χ0) is 13.8. The minimum atomic E-state index is -4.48. The number of carbonyl (C=O) groups is 1. The Morgan fingerprint density at radius 2 is 2.11 bits per heavy atom. The smallest absolute Gasteiger partial charge is 0.405 e. The second-order valence-electron chi connectivity index (χ2n) is 3.55. The molecule has 1 amide bonds. The van der Waals surface area contributed by atoms with Crippen molar-refractivity contribution in [1.29, 1.82) is 0 Å². The summed E-state index contributed by atoms with van der Waals surface area (Å²) in [5, 5.41) is 1.67. The van der Waals surface area contributed by atoms with E-state index in [4.69, 9.17) is 4.74 Å². The van der Waals surface area contributed by atoms with Gasteiger partial charge in [-0.1, -0.05) is 6.07 Å². The second-order valence-corrected chi connectivity index (χ2v) is 3.55. The van der Waals surface area contributed by atoms with Crippen LogP contribution in [0.2, 0.25) is 0 Å². The third-order valence-electron chi connectivity index (χ3n) is 1.94. The van der Waals surface area contributed by atoms with Crippen LogP contribution in [0.4, 0.5) is 17.6 Å². The van der Waals surface area contributed by atoms with Gasteiger partial charge in [0, 0.05) is 6.07 Å². The highest BCUT2D eigenvalue weighted by Crippen LogP contribution is 2.15. The van der Waals surface area contributed by atoms with Crippen LogP contribution in [0.1, 0.15) is 6.92 Å². The van der Waals surface area contributed by atoms with Crippen LogP contribution < -0.4 is 10.1 Å². The summed E-state index contributed by atoms with van der Waals surface area (Å²) < 4.78 is 53.4. The molecule has 1 atom stereocenters. The number of hydrogen-bond acceptors (Lipinski definition) is 2. The summed E-state index contributed by atoms with van der Waals surface area (Å²) in [5.74, 6) is -1.41. The summed E-state index contributed by atoms with van der Waals surface area (Å²) in [6, 6.07) is 4.98. The molecule has 0 spiro atoms. The molecule has 0 aliphatic carbocycles. The van der Waals surface area contributed by atoms with E-state index in [2.05, 4.69) is 0 Å². The lowest BCUT2D eigenvalue weighted by Crippen LogP contribution is -2.41. The van der Waals surface area contributed by atoms with Crippen LogP contribution in [0.3, 0.4) is 0 Å². The van der Waals surface area contributed by atoms with Crippen LogP contribution in [0.5, 0.6) is 5.75 Å². The molecule has 0 aliphatic rings. The van der Waals surface area contributed by atoms with Gasteiger partial charge in [0.25, 0.3) is 5.91 Å². The van der Waals surface area contributed by atoms with Crippen molar-refractivity contribution < 1.29 is 27.1 Å². The zero-order valence-corrected chi connectivity index (χ0v) is 9.42. The molecule has 1 rings (SSSR count). The average molecular weight is 265 g/mol. The van der Waals surface area contributed by atoms with Crippen LogP contribution in [-0.2, 0) is 4.79 Å². The fourth-order valence-corrected chi connectivity index (χ4v) is 1.13. The Morgan fingerprint density at radius 3 is 2.67 bits per heavy atom. The number of benzene rings is 1. The highest BCUT2D eigenvalue weighted by atomic mass is 19.4. The number of ether oxygens (including phenoxy) is 1. The van der Waals surface area contributed by atoms with Crippen molar-refractivity contribution in [2.45, 2.75) is 19.2 Å². The van der Waals surface area contributed by atoms with Gasteiger partial charge < -0.3 is 10.1 Å². The fraction of sp³-hybridized carbons (Fsp3) is 0.364. The van der Waals surface area contributed by atoms with Crippen molar-refractivity contribution in [1.82, 2.24) is 5.32 Å². The van der Waals surface area contributed by atoms with E-state index >= 15 is 0 Å². The molecule has 0 unspecified atom stereocenters. The van der Waals surface area contributed by atoms with Crippen molar-refractivity contribution in [3.05, 3.63) is 30.1 Å². The van der Waals surface area contributed by atoms with E-state index in [1.165, 1.54) is 25.1 Å². The summed E-state index contributed by atoms with van der Waals surface area (Å²) in [5.41, 5.74) is 0. The number of alkyl halides is 3. The minimum Gasteiger partial charge on any atom is -0.481 e. The first-order chi connectivity index (χ1) is 8.28. The van der Waals surface area contributed by atoms with Crippen molar-refractivity contribution >= 4 is 5.91 Å². The van der Waals surface area contributed by atoms with Crippen LogP contribution in [0, 0.1) is 5.82 Å². The summed E-state index contributed by atoms with van der Waals surface area (Å²) in [4.78, 5) is 11.2. The fourth-order valence-electron chi connectivity index (χ4n) is 1.13. The minimum absolute atomic E-state index is 0.0738. The third kappa shape index (κ3) is 5.03. The van der Waals surface area contributed by atoms with Gasteiger partial charge in [0.2, 0.25) is 0 Å². The van der Waals surface area contributed by atoms with E-state index in [1.807, 2.05) is 0 Å². The lowest BCUT2D eigenvalue weighted by molar-refractivity contribution is -0.142. The van der Waals surface area contributed by atoms with Crippen LogP contribution in [0.25, 0.3) is 0 Å². The Kier molecular flexibility index (Phi) is 4.52. The molecule has 0 radical (unpaired) electrons. The zero-order valence-electron chi connectivity index (χ0n) is 9.42. The molecule has 0 saturated carbocycles. The highest BCUT2D eigenvalue weighted by Gasteiger charge is 2.29. The van der Waals surface area contributed by atoms with Crippen molar-refractivity contribution in [2.75, 3.05) is 6.54 Å². The topological polar surface area (TPSA) is 38.3 Å². The largest absolute Gasteiger partial charge is 0.481 e. The maximum absolute atomic E-state index is 12.8. The van der Waals surface area contributed by atoms with E-state index in [0.717, 1.165) is 6.07 Å². The molecule has 0 saturated heterocycles. The molecule has 1 aromatic rings. The van der Waals surface area contributed by atoms with Gasteiger partial charge in [0.15, 0.2) is 6.10 Å². The molecule has 0 heterocycles. The lowest BCUT2D eigenvalue weighted by Gasteiger charge is -2.15. The average Bonchev–Trinajstić information content (AvgIpc) is 2.24. The first kappa shape index (κ1) is 14.3. The predicted molar refractivity (Wildman–Crippen MR) is 55.6 cm³/mol. The van der Waals surface area contributed by atoms with Gasteiger partial charge in [0.05, 0.1) is 0 Å². The molecule has 1 aromatic carbocycles. The van der Waals surface area contributed by atoms with Crippen molar-refractivity contribution in [3.63, 3.8) is 0 Å². The summed E-state index contributed by atoms with van der Waals surface area (Å²) >= 11 is 0. The van der Waals surface area contributed by atoms with Crippen molar-refractivity contribution in [3.8, 4) is 5.75 Å². The van der Waals surface area contributed by atoms with Gasteiger partial charge in [-0.05, 0) is 19.1 Å². The van der Waals surface area contributed by atoms with Crippen LogP contribution >= 0.6 is 0 Å². The summed E-state index contributed by atoms with van der Waals surface area (Å²) in [6.45, 7) is -0.153. The van der Waals surface area contributed by atoms with E-state index in [0.29, 0.717) is 0 Å². The molecule has 3 nitrogen and oxygen atoms in total. The van der Waals surface area contributed by atoms with Gasteiger partial charge in [-0.3, -0.25) is 4.79 Å². The monoisotopic (exact) mass is 265 g/mol. The Labute approximate surface area is 101 Å². The Hall–Kier alpha value is -1.79. The third-order valence-corrected chi connectivity index (χ3v) is 1.94. The second kappa shape index (κ2) is 5.70. The van der Waals surface area contributed by atoms with Crippen LogP contribution in [0.15, 0.2) is 24.3 Å².